The SMILES string of the molecule is CC(C)Nc1cc(Nc2ccc(F)c(Cl)c2)ncn1. The standard InChI is InChI=1S/C13H14ClFN4/c1-8(2)18-12-6-13(17-7-16-12)19-9-3-4-11(15)10(14)5-9/h3-8H,1-2H3,(H2,16,17,18,19). The van der Waals surface area contributed by atoms with Crippen LogP contribution in [0.25, 0.3) is 0 Å². The average molecular weight is 281 g/mol. The lowest BCUT2D eigenvalue weighted by Crippen LogP contribution is -2.11. The van der Waals surface area contributed by atoms with E-state index in [4.69, 9.17) is 11.6 Å². The highest BCUT2D eigenvalue weighted by molar-refractivity contribution is 6.31. The third-order valence-electron chi connectivity index (χ3n) is 2.30. The van der Waals surface area contributed by atoms with E-state index in [1.807, 2.05) is 13.8 Å². The van der Waals surface area contributed by atoms with E-state index in [0.717, 1.165) is 5.82 Å². The first kappa shape index (κ1) is 13.5. The van der Waals surface area contributed by atoms with Gasteiger partial charge in [0, 0.05) is 17.8 Å². The van der Waals surface area contributed by atoms with Crippen molar-refractivity contribution in [2.45, 2.75) is 19.9 Å². The molecule has 4 nitrogen and oxygen atoms in total. The molecule has 0 saturated heterocycles. The van der Waals surface area contributed by atoms with Crippen molar-refractivity contribution < 1.29 is 4.39 Å². The molecule has 19 heavy (non-hydrogen) atoms. The minimum absolute atomic E-state index is 0.0691. The van der Waals surface area contributed by atoms with Crippen molar-refractivity contribution in [2.24, 2.45) is 0 Å². The number of benzene rings is 1. The van der Waals surface area contributed by atoms with E-state index < -0.39 is 5.82 Å². The zero-order valence-electron chi connectivity index (χ0n) is 10.6. The van der Waals surface area contributed by atoms with Crippen LogP contribution in [0.4, 0.5) is 21.7 Å². The highest BCUT2D eigenvalue weighted by Gasteiger charge is 2.03. The Bertz CT molecular complexity index is 574. The molecule has 2 rings (SSSR count). The molecule has 1 aromatic carbocycles. The van der Waals surface area contributed by atoms with Crippen molar-refractivity contribution in [3.8, 4) is 0 Å². The van der Waals surface area contributed by atoms with Crippen LogP contribution < -0.4 is 10.6 Å². The lowest BCUT2D eigenvalue weighted by Gasteiger charge is -2.10. The van der Waals surface area contributed by atoms with Gasteiger partial charge in [-0.1, -0.05) is 11.6 Å². The van der Waals surface area contributed by atoms with E-state index in [-0.39, 0.29) is 11.1 Å². The molecule has 0 saturated carbocycles. The topological polar surface area (TPSA) is 49.8 Å². The summed E-state index contributed by atoms with van der Waals surface area (Å²) in [6.07, 6.45) is 1.46. The zero-order valence-corrected chi connectivity index (χ0v) is 11.4. The van der Waals surface area contributed by atoms with Gasteiger partial charge in [-0.2, -0.15) is 0 Å². The van der Waals surface area contributed by atoms with Gasteiger partial charge in [-0.25, -0.2) is 14.4 Å². The Kier molecular flexibility index (Phi) is 4.16. The second kappa shape index (κ2) is 5.84. The molecule has 0 fully saturated rings. The monoisotopic (exact) mass is 280 g/mol. The number of hydrogen-bond acceptors (Lipinski definition) is 4. The molecule has 6 heteroatoms. The molecular formula is C13H14ClFN4. The molecule has 100 valence electrons. The van der Waals surface area contributed by atoms with Crippen LogP contribution >= 0.6 is 11.6 Å². The van der Waals surface area contributed by atoms with E-state index in [1.165, 1.54) is 18.5 Å². The third-order valence-corrected chi connectivity index (χ3v) is 2.59. The first-order valence-electron chi connectivity index (χ1n) is 5.85. The van der Waals surface area contributed by atoms with Crippen LogP contribution in [0.3, 0.4) is 0 Å². The van der Waals surface area contributed by atoms with Crippen molar-refractivity contribution >= 4 is 28.9 Å². The molecular weight excluding hydrogens is 267 g/mol. The van der Waals surface area contributed by atoms with Gasteiger partial charge >= 0.3 is 0 Å². The van der Waals surface area contributed by atoms with Crippen molar-refractivity contribution in [2.75, 3.05) is 10.6 Å². The second-order valence-electron chi connectivity index (χ2n) is 4.34. The Hall–Kier alpha value is -1.88. The van der Waals surface area contributed by atoms with Crippen molar-refractivity contribution in [1.29, 1.82) is 0 Å². The minimum atomic E-state index is -0.447. The van der Waals surface area contributed by atoms with E-state index >= 15 is 0 Å². The minimum Gasteiger partial charge on any atom is -0.368 e. The van der Waals surface area contributed by atoms with Crippen molar-refractivity contribution in [3.05, 3.63) is 41.4 Å². The highest BCUT2D eigenvalue weighted by atomic mass is 35.5. The van der Waals surface area contributed by atoms with Crippen molar-refractivity contribution in [3.63, 3.8) is 0 Å². The molecule has 0 aliphatic carbocycles. The molecule has 2 N–H and O–H groups in total. The Morgan fingerprint density at radius 2 is 1.89 bits per heavy atom. The summed E-state index contributed by atoms with van der Waals surface area (Å²) in [7, 11) is 0. The molecule has 2 aromatic rings. The number of nitrogens with zero attached hydrogens (tertiary/aromatic N) is 2. The molecule has 0 radical (unpaired) electrons. The van der Waals surface area contributed by atoms with Gasteiger partial charge in [0.25, 0.3) is 0 Å². The molecule has 0 unspecified atom stereocenters. The summed E-state index contributed by atoms with van der Waals surface area (Å²) in [5.41, 5.74) is 0.667. The second-order valence-corrected chi connectivity index (χ2v) is 4.75. The van der Waals surface area contributed by atoms with Gasteiger partial charge in [-0.15, -0.1) is 0 Å². The number of halogens is 2. The molecule has 0 atom stereocenters. The van der Waals surface area contributed by atoms with Gasteiger partial charge in [0.05, 0.1) is 5.02 Å². The molecule has 0 amide bonds. The van der Waals surface area contributed by atoms with Gasteiger partial charge in [-0.05, 0) is 32.0 Å². The van der Waals surface area contributed by atoms with E-state index in [9.17, 15) is 4.39 Å². The lowest BCUT2D eigenvalue weighted by molar-refractivity contribution is 0.628. The molecule has 0 aliphatic heterocycles. The van der Waals surface area contributed by atoms with Gasteiger partial charge in [0.2, 0.25) is 0 Å². The normalized spacial score (nSPS) is 10.6. The van der Waals surface area contributed by atoms with Gasteiger partial charge < -0.3 is 10.6 Å². The fourth-order valence-electron chi connectivity index (χ4n) is 1.52. The van der Waals surface area contributed by atoms with Gasteiger partial charge in [0.1, 0.15) is 23.8 Å². The summed E-state index contributed by atoms with van der Waals surface area (Å²) < 4.78 is 13.0. The maximum Gasteiger partial charge on any atom is 0.141 e. The van der Waals surface area contributed by atoms with Crippen LogP contribution in [0.1, 0.15) is 13.8 Å². The Labute approximate surface area is 116 Å². The number of rotatable bonds is 4. The van der Waals surface area contributed by atoms with E-state index in [2.05, 4.69) is 20.6 Å². The summed E-state index contributed by atoms with van der Waals surface area (Å²) >= 11 is 5.72. The Morgan fingerprint density at radius 1 is 1.16 bits per heavy atom. The van der Waals surface area contributed by atoms with Crippen molar-refractivity contribution in [1.82, 2.24) is 9.97 Å². The predicted molar refractivity (Wildman–Crippen MR) is 75.5 cm³/mol. The highest BCUT2D eigenvalue weighted by Crippen LogP contribution is 2.22. The quantitative estimate of drug-likeness (QED) is 0.893. The van der Waals surface area contributed by atoms with Crippen LogP contribution in [0.15, 0.2) is 30.6 Å². The lowest BCUT2D eigenvalue weighted by atomic mass is 10.3. The first-order valence-corrected chi connectivity index (χ1v) is 6.23. The number of anilines is 3. The molecule has 1 aromatic heterocycles. The Morgan fingerprint density at radius 3 is 2.58 bits per heavy atom. The fourth-order valence-corrected chi connectivity index (χ4v) is 1.70. The number of nitrogens with one attached hydrogen (secondary N) is 2. The summed E-state index contributed by atoms with van der Waals surface area (Å²) in [6, 6.07) is 6.46. The van der Waals surface area contributed by atoms with Crippen LogP contribution in [-0.4, -0.2) is 16.0 Å². The van der Waals surface area contributed by atoms with Crippen LogP contribution in [0.2, 0.25) is 5.02 Å². The van der Waals surface area contributed by atoms with E-state index in [1.54, 1.807) is 12.1 Å². The molecule has 1 heterocycles. The maximum atomic E-state index is 13.0. The largest absolute Gasteiger partial charge is 0.368 e. The maximum absolute atomic E-state index is 13.0. The summed E-state index contributed by atoms with van der Waals surface area (Å²) in [5.74, 6) is 0.888. The predicted octanol–water partition coefficient (Wildman–Crippen LogP) is 3.83. The van der Waals surface area contributed by atoms with Gasteiger partial charge in [0.15, 0.2) is 0 Å². The van der Waals surface area contributed by atoms with Crippen LogP contribution in [0, 0.1) is 5.82 Å². The zero-order chi connectivity index (χ0) is 13.8. The summed E-state index contributed by atoms with van der Waals surface area (Å²) in [6.45, 7) is 4.05. The Balaban J connectivity index is 2.16. The van der Waals surface area contributed by atoms with Gasteiger partial charge in [-0.3, -0.25) is 0 Å². The number of hydrogen-bond donors (Lipinski definition) is 2. The fraction of sp³-hybridized carbons (Fsp3) is 0.231. The molecule has 0 spiro atoms. The third kappa shape index (κ3) is 3.79. The van der Waals surface area contributed by atoms with Crippen LogP contribution in [0.5, 0.6) is 0 Å². The van der Waals surface area contributed by atoms with E-state index in [0.29, 0.717) is 11.5 Å². The summed E-state index contributed by atoms with van der Waals surface area (Å²) in [5, 5.41) is 6.29. The number of aromatic nitrogens is 2. The van der Waals surface area contributed by atoms with Crippen LogP contribution in [-0.2, 0) is 0 Å². The average Bonchev–Trinajstić information content (AvgIpc) is 2.33. The molecule has 0 aliphatic rings. The molecule has 0 bridgehead atoms. The smallest absolute Gasteiger partial charge is 0.141 e. The first-order chi connectivity index (χ1) is 9.04. The summed E-state index contributed by atoms with van der Waals surface area (Å²) in [4.78, 5) is 8.20.